The van der Waals surface area contributed by atoms with Gasteiger partial charge in [0, 0.05) is 0 Å². The number of imide groups is 1. The monoisotopic (exact) mass is 289 g/mol. The van der Waals surface area contributed by atoms with Gasteiger partial charge in [0.1, 0.15) is 0 Å². The van der Waals surface area contributed by atoms with Crippen LogP contribution in [0.4, 0.5) is 5.69 Å². The highest BCUT2D eigenvalue weighted by molar-refractivity contribution is 6.36. The molecule has 4 heteroatoms. The summed E-state index contributed by atoms with van der Waals surface area (Å²) in [5, 5.41) is 0.439. The van der Waals surface area contributed by atoms with Crippen LogP contribution in [0.2, 0.25) is 5.02 Å². The number of fused-ring (bicyclic) bond motifs is 1. The molecule has 2 amide bonds. The van der Waals surface area contributed by atoms with Gasteiger partial charge in [0.2, 0.25) is 11.8 Å². The summed E-state index contributed by atoms with van der Waals surface area (Å²) in [6.45, 7) is 4.09. The number of carbonyl (C=O) groups is 2. The molecule has 0 saturated carbocycles. The number of rotatable bonds is 1. The van der Waals surface area contributed by atoms with E-state index in [1.807, 2.05) is 13.8 Å². The Balaban J connectivity index is 2.00. The third-order valence-electron chi connectivity index (χ3n) is 4.43. The summed E-state index contributed by atoms with van der Waals surface area (Å²) in [4.78, 5) is 26.4. The van der Waals surface area contributed by atoms with E-state index < -0.39 is 0 Å². The topological polar surface area (TPSA) is 37.4 Å². The molecule has 2 atom stereocenters. The smallest absolute Gasteiger partial charge is 0.238 e. The third-order valence-corrected chi connectivity index (χ3v) is 4.75. The van der Waals surface area contributed by atoms with Crippen molar-refractivity contribution in [2.45, 2.75) is 26.7 Å². The molecule has 0 unspecified atom stereocenters. The molecule has 104 valence electrons. The van der Waals surface area contributed by atoms with Gasteiger partial charge in [0.25, 0.3) is 0 Å². The quantitative estimate of drug-likeness (QED) is 0.585. The Kier molecular flexibility index (Phi) is 3.17. The molecule has 1 fully saturated rings. The van der Waals surface area contributed by atoms with Crippen molar-refractivity contribution in [3.63, 3.8) is 0 Å². The van der Waals surface area contributed by atoms with Crippen LogP contribution in [0.3, 0.4) is 0 Å². The van der Waals surface area contributed by atoms with E-state index >= 15 is 0 Å². The number of hydrogen-bond donors (Lipinski definition) is 0. The molecule has 1 aromatic carbocycles. The van der Waals surface area contributed by atoms with Crippen LogP contribution in [-0.4, -0.2) is 11.8 Å². The molecule has 1 aromatic rings. The zero-order valence-corrected chi connectivity index (χ0v) is 12.3. The number of carbonyl (C=O) groups excluding carboxylic acids is 2. The largest absolute Gasteiger partial charge is 0.274 e. The number of halogens is 1. The summed E-state index contributed by atoms with van der Waals surface area (Å²) in [5.41, 5.74) is 2.97. The van der Waals surface area contributed by atoms with Gasteiger partial charge in [0.15, 0.2) is 0 Å². The van der Waals surface area contributed by atoms with Gasteiger partial charge >= 0.3 is 0 Å². The van der Waals surface area contributed by atoms with Crippen molar-refractivity contribution < 1.29 is 9.59 Å². The van der Waals surface area contributed by atoms with Crippen LogP contribution in [0.15, 0.2) is 35.4 Å². The van der Waals surface area contributed by atoms with E-state index in [1.165, 1.54) is 16.0 Å². The fourth-order valence-electron chi connectivity index (χ4n) is 3.12. The fourth-order valence-corrected chi connectivity index (χ4v) is 3.34. The minimum absolute atomic E-state index is 0.111. The molecular weight excluding hydrogens is 274 g/mol. The van der Waals surface area contributed by atoms with Crippen molar-refractivity contribution in [3.05, 3.63) is 40.4 Å². The van der Waals surface area contributed by atoms with Crippen molar-refractivity contribution in [1.29, 1.82) is 0 Å². The van der Waals surface area contributed by atoms with Gasteiger partial charge in [0.05, 0.1) is 22.5 Å². The van der Waals surface area contributed by atoms with E-state index in [9.17, 15) is 9.59 Å². The number of allylic oxidation sites excluding steroid dienone is 2. The molecule has 1 saturated heterocycles. The molecule has 3 nitrogen and oxygen atoms in total. The molecule has 0 spiro atoms. The number of hydrogen-bond acceptors (Lipinski definition) is 2. The van der Waals surface area contributed by atoms with E-state index in [0.29, 0.717) is 23.6 Å². The second-order valence-corrected chi connectivity index (χ2v) is 6.05. The summed E-state index contributed by atoms with van der Waals surface area (Å²) in [6.07, 6.45) is 1.37. The summed E-state index contributed by atoms with van der Waals surface area (Å²) in [5.74, 6) is -0.662. The molecule has 0 bridgehead atoms. The van der Waals surface area contributed by atoms with Crippen LogP contribution in [0.25, 0.3) is 0 Å². The number of amides is 2. The fraction of sp³-hybridized carbons (Fsp3) is 0.375. The van der Waals surface area contributed by atoms with Crippen molar-refractivity contribution in [3.8, 4) is 0 Å². The molecule has 0 aromatic heterocycles. The minimum atomic E-state index is -0.220. The van der Waals surface area contributed by atoms with Gasteiger partial charge in [-0.25, -0.2) is 4.90 Å². The molecule has 1 aliphatic carbocycles. The first-order valence-corrected chi connectivity index (χ1v) is 7.16. The number of benzene rings is 1. The highest BCUT2D eigenvalue weighted by Crippen LogP contribution is 2.43. The van der Waals surface area contributed by atoms with Crippen LogP contribution >= 0.6 is 11.6 Å². The number of nitrogens with zero attached hydrogens (tertiary/aromatic N) is 1. The van der Waals surface area contributed by atoms with E-state index in [1.54, 1.807) is 24.3 Å². The molecule has 1 aliphatic heterocycles. The van der Waals surface area contributed by atoms with Gasteiger partial charge in [-0.2, -0.15) is 0 Å². The maximum atomic E-state index is 12.6. The van der Waals surface area contributed by atoms with Crippen LogP contribution in [0, 0.1) is 11.8 Å². The predicted molar refractivity (Wildman–Crippen MR) is 78.5 cm³/mol. The molecule has 1 heterocycles. The zero-order chi connectivity index (χ0) is 14.4. The van der Waals surface area contributed by atoms with E-state index in [4.69, 9.17) is 11.6 Å². The maximum absolute atomic E-state index is 12.6. The average Bonchev–Trinajstić information content (AvgIpc) is 2.64. The summed E-state index contributed by atoms with van der Waals surface area (Å²) in [7, 11) is 0. The zero-order valence-electron chi connectivity index (χ0n) is 11.5. The lowest BCUT2D eigenvalue weighted by atomic mass is 9.78. The van der Waals surface area contributed by atoms with Crippen LogP contribution in [0.1, 0.15) is 26.7 Å². The normalized spacial score (nSPS) is 26.2. The van der Waals surface area contributed by atoms with Crippen molar-refractivity contribution >= 4 is 29.1 Å². The van der Waals surface area contributed by atoms with Crippen LogP contribution < -0.4 is 4.90 Å². The molecular formula is C16H16ClNO2. The maximum Gasteiger partial charge on any atom is 0.238 e. The Labute approximate surface area is 123 Å². The third kappa shape index (κ3) is 1.88. The Morgan fingerprint density at radius 1 is 1.00 bits per heavy atom. The summed E-state index contributed by atoms with van der Waals surface area (Å²) < 4.78 is 0. The van der Waals surface area contributed by atoms with E-state index in [2.05, 4.69) is 0 Å². The van der Waals surface area contributed by atoms with E-state index in [-0.39, 0.29) is 23.7 Å². The lowest BCUT2D eigenvalue weighted by Gasteiger charge is -2.23. The first kappa shape index (κ1) is 13.4. The minimum Gasteiger partial charge on any atom is -0.274 e. The highest BCUT2D eigenvalue weighted by Gasteiger charge is 2.49. The lowest BCUT2D eigenvalue weighted by molar-refractivity contribution is -0.122. The summed E-state index contributed by atoms with van der Waals surface area (Å²) >= 11 is 6.13. The Hall–Kier alpha value is -1.61. The summed E-state index contributed by atoms with van der Waals surface area (Å²) in [6, 6.07) is 7.01. The Bertz CT molecular complexity index is 603. The number of anilines is 1. The first-order valence-electron chi connectivity index (χ1n) is 6.78. The predicted octanol–water partition coefficient (Wildman–Crippen LogP) is 3.58. The van der Waals surface area contributed by atoms with Gasteiger partial charge in [-0.05, 0) is 38.8 Å². The van der Waals surface area contributed by atoms with Crippen molar-refractivity contribution in [1.82, 2.24) is 0 Å². The molecule has 2 aliphatic rings. The Morgan fingerprint density at radius 3 is 2.00 bits per heavy atom. The standard InChI is InChI=1S/C16H16ClNO2/c1-9-7-11-12(8-10(9)2)16(20)18(15(11)19)14-6-4-3-5-13(14)17/h3-6,11-12H,7-8H2,1-2H3/t11-,12-/m1/s1. The van der Waals surface area contributed by atoms with Gasteiger partial charge in [-0.1, -0.05) is 34.9 Å². The van der Waals surface area contributed by atoms with Crippen LogP contribution in [0.5, 0.6) is 0 Å². The van der Waals surface area contributed by atoms with Crippen molar-refractivity contribution in [2.75, 3.05) is 4.90 Å². The van der Waals surface area contributed by atoms with Crippen LogP contribution in [-0.2, 0) is 9.59 Å². The first-order chi connectivity index (χ1) is 9.50. The van der Waals surface area contributed by atoms with Gasteiger partial charge in [-0.3, -0.25) is 9.59 Å². The molecule has 3 rings (SSSR count). The average molecular weight is 290 g/mol. The number of para-hydroxylation sites is 1. The highest BCUT2D eigenvalue weighted by atomic mass is 35.5. The van der Waals surface area contributed by atoms with Gasteiger partial charge in [-0.15, -0.1) is 0 Å². The molecule has 0 radical (unpaired) electrons. The van der Waals surface area contributed by atoms with Crippen molar-refractivity contribution in [2.24, 2.45) is 11.8 Å². The second kappa shape index (κ2) is 4.74. The van der Waals surface area contributed by atoms with E-state index in [0.717, 1.165) is 0 Å². The molecule has 20 heavy (non-hydrogen) atoms. The molecule has 0 N–H and O–H groups in total. The lowest BCUT2D eigenvalue weighted by Crippen LogP contribution is -2.31. The second-order valence-electron chi connectivity index (χ2n) is 5.65. The SMILES string of the molecule is CC1=C(C)C[C@H]2C(=O)N(c3ccccc3Cl)C(=O)[C@@H]2C1. The Morgan fingerprint density at radius 2 is 1.50 bits per heavy atom. The van der Waals surface area contributed by atoms with Gasteiger partial charge < -0.3 is 0 Å².